The molecule has 4 nitrogen and oxygen atoms in total. The van der Waals surface area contributed by atoms with Crippen LogP contribution in [0.1, 0.15) is 23.5 Å². The van der Waals surface area contributed by atoms with Crippen LogP contribution in [0.15, 0.2) is 66.7 Å². The van der Waals surface area contributed by atoms with Gasteiger partial charge in [0.25, 0.3) is 0 Å². The summed E-state index contributed by atoms with van der Waals surface area (Å²) in [6.07, 6.45) is 0.336. The van der Waals surface area contributed by atoms with Crippen molar-refractivity contribution in [2.75, 3.05) is 12.4 Å². The summed E-state index contributed by atoms with van der Waals surface area (Å²) in [5.41, 5.74) is 4.84. The van der Waals surface area contributed by atoms with Crippen LogP contribution in [0, 0.1) is 0 Å². The number of phenolic OH excluding ortho intramolecular Hbond substituents is 1. The van der Waals surface area contributed by atoms with Gasteiger partial charge in [-0.1, -0.05) is 54.6 Å². The van der Waals surface area contributed by atoms with Crippen molar-refractivity contribution < 1.29 is 14.6 Å². The fraction of sp³-hybridized carbons (Fsp3) is 0.136. The van der Waals surface area contributed by atoms with Crippen LogP contribution in [0.25, 0.3) is 11.1 Å². The minimum Gasteiger partial charge on any atom is -0.504 e. The molecule has 1 unspecified atom stereocenters. The lowest BCUT2D eigenvalue weighted by atomic mass is 9.81. The van der Waals surface area contributed by atoms with Crippen molar-refractivity contribution in [1.82, 2.24) is 0 Å². The Bertz CT molecular complexity index is 966. The molecule has 26 heavy (non-hydrogen) atoms. The maximum Gasteiger partial charge on any atom is 0.225 e. The van der Waals surface area contributed by atoms with E-state index in [9.17, 15) is 9.90 Å². The third-order valence-corrected chi connectivity index (χ3v) is 4.81. The number of nitrogens with one attached hydrogen (secondary N) is 1. The minimum atomic E-state index is -0.132. The third kappa shape index (κ3) is 2.80. The van der Waals surface area contributed by atoms with Crippen LogP contribution in [0.4, 0.5) is 5.69 Å². The zero-order valence-corrected chi connectivity index (χ0v) is 14.4. The molecule has 1 aliphatic rings. The van der Waals surface area contributed by atoms with E-state index in [1.807, 2.05) is 30.3 Å². The summed E-state index contributed by atoms with van der Waals surface area (Å²) in [6.45, 7) is 0. The van der Waals surface area contributed by atoms with Gasteiger partial charge in [-0.25, -0.2) is 0 Å². The van der Waals surface area contributed by atoms with Crippen molar-refractivity contribution in [3.8, 4) is 22.6 Å². The highest BCUT2D eigenvalue weighted by molar-refractivity contribution is 5.96. The highest BCUT2D eigenvalue weighted by Crippen LogP contribution is 2.44. The number of hydrogen-bond donors (Lipinski definition) is 2. The van der Waals surface area contributed by atoms with Crippen molar-refractivity contribution in [2.24, 2.45) is 0 Å². The predicted molar refractivity (Wildman–Crippen MR) is 102 cm³/mol. The van der Waals surface area contributed by atoms with Gasteiger partial charge in [-0.2, -0.15) is 0 Å². The average molecular weight is 345 g/mol. The molecule has 0 spiro atoms. The summed E-state index contributed by atoms with van der Waals surface area (Å²) in [6, 6.07) is 21.6. The molecule has 4 heteroatoms. The Balaban J connectivity index is 1.88. The third-order valence-electron chi connectivity index (χ3n) is 4.81. The molecule has 1 atom stereocenters. The fourth-order valence-electron chi connectivity index (χ4n) is 3.60. The Hall–Kier alpha value is -3.27. The Morgan fingerprint density at radius 1 is 1.00 bits per heavy atom. The average Bonchev–Trinajstić information content (AvgIpc) is 2.68. The van der Waals surface area contributed by atoms with Crippen molar-refractivity contribution in [3.63, 3.8) is 0 Å². The highest BCUT2D eigenvalue weighted by atomic mass is 16.5. The molecule has 130 valence electrons. The quantitative estimate of drug-likeness (QED) is 0.685. The van der Waals surface area contributed by atoms with Gasteiger partial charge < -0.3 is 15.2 Å². The van der Waals surface area contributed by atoms with Gasteiger partial charge in [0.15, 0.2) is 11.5 Å². The summed E-state index contributed by atoms with van der Waals surface area (Å²) in [5, 5.41) is 13.1. The Labute approximate surface area is 152 Å². The van der Waals surface area contributed by atoms with Gasteiger partial charge in [0.1, 0.15) is 0 Å². The molecule has 1 amide bonds. The van der Waals surface area contributed by atoms with Crippen LogP contribution in [0.3, 0.4) is 0 Å². The second-order valence-corrected chi connectivity index (χ2v) is 6.37. The first-order valence-corrected chi connectivity index (χ1v) is 8.52. The van der Waals surface area contributed by atoms with E-state index in [1.54, 1.807) is 12.1 Å². The molecule has 0 bridgehead atoms. The van der Waals surface area contributed by atoms with E-state index in [4.69, 9.17) is 4.74 Å². The number of hydrogen-bond acceptors (Lipinski definition) is 3. The van der Waals surface area contributed by atoms with E-state index in [0.717, 1.165) is 22.3 Å². The number of benzene rings is 3. The van der Waals surface area contributed by atoms with E-state index in [-0.39, 0.29) is 17.6 Å². The van der Waals surface area contributed by atoms with E-state index >= 15 is 0 Å². The smallest absolute Gasteiger partial charge is 0.225 e. The van der Waals surface area contributed by atoms with Crippen LogP contribution in [-0.4, -0.2) is 18.1 Å². The largest absolute Gasteiger partial charge is 0.504 e. The maximum atomic E-state index is 12.3. The Morgan fingerprint density at radius 3 is 2.50 bits per heavy atom. The zero-order valence-electron chi connectivity index (χ0n) is 14.4. The molecular weight excluding hydrogens is 326 g/mol. The number of aromatic hydroxyl groups is 1. The molecule has 3 aromatic carbocycles. The summed E-state index contributed by atoms with van der Waals surface area (Å²) in [5.74, 6) is 0.246. The molecule has 0 aromatic heterocycles. The Morgan fingerprint density at radius 2 is 1.73 bits per heavy atom. The molecule has 1 heterocycles. The predicted octanol–water partition coefficient (Wildman–Crippen LogP) is 4.54. The summed E-state index contributed by atoms with van der Waals surface area (Å²) in [7, 11) is 1.49. The van der Waals surface area contributed by atoms with Crippen molar-refractivity contribution in [1.29, 1.82) is 0 Å². The second kappa shape index (κ2) is 6.56. The van der Waals surface area contributed by atoms with E-state index in [0.29, 0.717) is 17.9 Å². The number of ether oxygens (including phenoxy) is 1. The molecule has 0 aliphatic carbocycles. The molecule has 0 saturated carbocycles. The molecule has 0 saturated heterocycles. The standard InChI is InChI=1S/C22H19NO3/c1-26-21-13-19-18(11-20(21)24)17(12-22(25)23-19)16-10-6-5-9-15(16)14-7-3-2-4-8-14/h2-11,13,17,24H,12H2,1H3,(H,23,25). The van der Waals surface area contributed by atoms with Crippen LogP contribution in [0.2, 0.25) is 0 Å². The molecule has 1 aliphatic heterocycles. The van der Waals surface area contributed by atoms with Crippen LogP contribution >= 0.6 is 0 Å². The summed E-state index contributed by atoms with van der Waals surface area (Å²) in [4.78, 5) is 12.3. The first-order chi connectivity index (χ1) is 12.7. The molecule has 2 N–H and O–H groups in total. The lowest BCUT2D eigenvalue weighted by Gasteiger charge is -2.28. The number of rotatable bonds is 3. The topological polar surface area (TPSA) is 58.6 Å². The lowest BCUT2D eigenvalue weighted by Crippen LogP contribution is -2.23. The summed E-state index contributed by atoms with van der Waals surface area (Å²) >= 11 is 0. The number of methoxy groups -OCH3 is 1. The van der Waals surface area contributed by atoms with Crippen molar-refractivity contribution in [3.05, 3.63) is 77.9 Å². The number of carbonyl (C=O) groups excluding carboxylic acids is 1. The van der Waals surface area contributed by atoms with E-state index in [1.165, 1.54) is 7.11 Å². The Kier molecular flexibility index (Phi) is 4.09. The number of carbonyl (C=O) groups is 1. The number of phenols is 1. The van der Waals surface area contributed by atoms with Crippen molar-refractivity contribution >= 4 is 11.6 Å². The first-order valence-electron chi connectivity index (χ1n) is 8.52. The van der Waals surface area contributed by atoms with Crippen molar-refractivity contribution in [2.45, 2.75) is 12.3 Å². The van der Waals surface area contributed by atoms with Crippen LogP contribution in [0.5, 0.6) is 11.5 Å². The molecular formula is C22H19NO3. The SMILES string of the molecule is COc1cc2c(cc1O)C(c1ccccc1-c1ccccc1)CC(=O)N2. The summed E-state index contributed by atoms with van der Waals surface area (Å²) < 4.78 is 5.18. The molecule has 3 aromatic rings. The number of amides is 1. The first kappa shape index (κ1) is 16.2. The van der Waals surface area contributed by atoms with Gasteiger partial charge in [0, 0.05) is 24.1 Å². The van der Waals surface area contributed by atoms with Gasteiger partial charge >= 0.3 is 0 Å². The molecule has 4 rings (SSSR count). The number of fused-ring (bicyclic) bond motifs is 1. The normalized spacial score (nSPS) is 15.9. The van der Waals surface area contributed by atoms with Gasteiger partial charge in [0.2, 0.25) is 5.91 Å². The van der Waals surface area contributed by atoms with Crippen LogP contribution < -0.4 is 10.1 Å². The number of anilines is 1. The monoisotopic (exact) mass is 345 g/mol. The van der Waals surface area contributed by atoms with Crippen LogP contribution in [-0.2, 0) is 4.79 Å². The molecule has 0 fully saturated rings. The zero-order chi connectivity index (χ0) is 18.1. The van der Waals surface area contributed by atoms with Gasteiger partial charge in [-0.15, -0.1) is 0 Å². The van der Waals surface area contributed by atoms with E-state index < -0.39 is 0 Å². The maximum absolute atomic E-state index is 12.3. The second-order valence-electron chi connectivity index (χ2n) is 6.37. The molecule has 0 radical (unpaired) electrons. The van der Waals surface area contributed by atoms with Gasteiger partial charge in [0.05, 0.1) is 7.11 Å². The lowest BCUT2D eigenvalue weighted by molar-refractivity contribution is -0.116. The van der Waals surface area contributed by atoms with E-state index in [2.05, 4.69) is 29.6 Å². The fourth-order valence-corrected chi connectivity index (χ4v) is 3.60. The van der Waals surface area contributed by atoms with Gasteiger partial charge in [-0.05, 0) is 28.3 Å². The minimum absolute atomic E-state index is 0.0434. The highest BCUT2D eigenvalue weighted by Gasteiger charge is 2.29. The van der Waals surface area contributed by atoms with Gasteiger partial charge in [-0.3, -0.25) is 4.79 Å².